The van der Waals surface area contributed by atoms with Gasteiger partial charge in [0.15, 0.2) is 12.7 Å². The second-order valence-electron chi connectivity index (χ2n) is 7.46. The molecule has 1 aliphatic heterocycles. The number of para-hydroxylation sites is 3. The molecule has 0 fully saturated rings. The van der Waals surface area contributed by atoms with Gasteiger partial charge in [-0.2, -0.15) is 0 Å². The number of rotatable bonds is 5. The maximum absolute atomic E-state index is 13.1. The molecule has 6 heteroatoms. The van der Waals surface area contributed by atoms with Crippen molar-refractivity contribution in [3.05, 3.63) is 78.9 Å². The van der Waals surface area contributed by atoms with Crippen LogP contribution in [0.1, 0.15) is 0 Å². The molecule has 2 amide bonds. The van der Waals surface area contributed by atoms with E-state index in [4.69, 9.17) is 9.47 Å². The van der Waals surface area contributed by atoms with Crippen LogP contribution in [-0.4, -0.2) is 50.1 Å². The van der Waals surface area contributed by atoms with Crippen molar-refractivity contribution < 1.29 is 19.1 Å². The predicted molar refractivity (Wildman–Crippen MR) is 119 cm³/mol. The Morgan fingerprint density at radius 2 is 1.65 bits per heavy atom. The summed E-state index contributed by atoms with van der Waals surface area (Å²) >= 11 is 0. The lowest BCUT2D eigenvalue weighted by Crippen LogP contribution is -2.51. The molecule has 1 heterocycles. The second-order valence-corrected chi connectivity index (χ2v) is 7.46. The van der Waals surface area contributed by atoms with E-state index in [0.29, 0.717) is 17.2 Å². The first-order valence-electron chi connectivity index (χ1n) is 10.1. The Labute approximate surface area is 181 Å². The molecular formula is C25H24N2O4. The molecule has 0 unspecified atom stereocenters. The highest BCUT2D eigenvalue weighted by Gasteiger charge is 2.34. The highest BCUT2D eigenvalue weighted by atomic mass is 16.5. The Hall–Kier alpha value is -3.80. The Bertz CT molecular complexity index is 1080. The summed E-state index contributed by atoms with van der Waals surface area (Å²) < 4.78 is 11.8. The molecule has 0 bridgehead atoms. The quantitative estimate of drug-likeness (QED) is 0.638. The minimum absolute atomic E-state index is 0.135. The van der Waals surface area contributed by atoms with Crippen LogP contribution in [0.5, 0.6) is 11.5 Å². The standard InChI is InChI=1S/C25H24N2O4/c1-26(2)25(29)23-16-27(20-13-7-9-15-22(20)31-23)24(28)17-30-21-14-8-6-12-19(21)18-10-4-3-5-11-18/h3-15,23H,16-17H2,1-2H3/t23-/m0/s1. The van der Waals surface area contributed by atoms with Crippen LogP contribution >= 0.6 is 0 Å². The van der Waals surface area contributed by atoms with Crippen LogP contribution in [0.15, 0.2) is 78.9 Å². The monoisotopic (exact) mass is 416 g/mol. The number of hydrogen-bond acceptors (Lipinski definition) is 4. The third kappa shape index (κ3) is 4.38. The summed E-state index contributed by atoms with van der Waals surface area (Å²) in [7, 11) is 3.34. The normalized spacial score (nSPS) is 14.9. The number of carbonyl (C=O) groups excluding carboxylic acids is 2. The van der Waals surface area contributed by atoms with Gasteiger partial charge in [0.1, 0.15) is 11.5 Å². The van der Waals surface area contributed by atoms with E-state index in [2.05, 4.69) is 0 Å². The lowest BCUT2D eigenvalue weighted by Gasteiger charge is -2.35. The maximum Gasteiger partial charge on any atom is 0.265 e. The van der Waals surface area contributed by atoms with Gasteiger partial charge in [0, 0.05) is 19.7 Å². The molecule has 0 aliphatic carbocycles. The number of likely N-dealkylation sites (N-methyl/N-ethyl adjacent to an activating group) is 1. The van der Waals surface area contributed by atoms with E-state index < -0.39 is 6.10 Å². The highest BCUT2D eigenvalue weighted by molar-refractivity contribution is 5.98. The summed E-state index contributed by atoms with van der Waals surface area (Å²) in [6, 6.07) is 24.7. The van der Waals surface area contributed by atoms with Gasteiger partial charge in [0.25, 0.3) is 11.8 Å². The van der Waals surface area contributed by atoms with Crippen LogP contribution in [0.3, 0.4) is 0 Å². The fourth-order valence-electron chi connectivity index (χ4n) is 3.55. The SMILES string of the molecule is CN(C)C(=O)[C@@H]1CN(C(=O)COc2ccccc2-c2ccccc2)c2ccccc2O1. The van der Waals surface area contributed by atoms with Crippen LogP contribution in [0.4, 0.5) is 5.69 Å². The van der Waals surface area contributed by atoms with Crippen molar-refractivity contribution in [2.24, 2.45) is 0 Å². The highest BCUT2D eigenvalue weighted by Crippen LogP contribution is 2.34. The van der Waals surface area contributed by atoms with E-state index in [0.717, 1.165) is 11.1 Å². The summed E-state index contributed by atoms with van der Waals surface area (Å²) in [4.78, 5) is 28.7. The number of nitrogens with zero attached hydrogens (tertiary/aromatic N) is 2. The van der Waals surface area contributed by atoms with Crippen molar-refractivity contribution in [2.75, 3.05) is 32.1 Å². The number of ether oxygens (including phenoxy) is 2. The van der Waals surface area contributed by atoms with E-state index in [1.807, 2.05) is 72.8 Å². The average molecular weight is 416 g/mol. The molecule has 158 valence electrons. The molecule has 1 aliphatic rings. The number of amides is 2. The number of carbonyl (C=O) groups is 2. The number of benzene rings is 3. The zero-order valence-corrected chi connectivity index (χ0v) is 17.5. The fourth-order valence-corrected chi connectivity index (χ4v) is 3.55. The van der Waals surface area contributed by atoms with Gasteiger partial charge in [0.2, 0.25) is 0 Å². The van der Waals surface area contributed by atoms with E-state index >= 15 is 0 Å². The Morgan fingerprint density at radius 3 is 2.42 bits per heavy atom. The molecule has 0 saturated heterocycles. The predicted octanol–water partition coefficient (Wildman–Crippen LogP) is 3.61. The molecule has 0 radical (unpaired) electrons. The molecule has 0 saturated carbocycles. The fraction of sp³-hybridized carbons (Fsp3) is 0.200. The molecule has 6 nitrogen and oxygen atoms in total. The largest absolute Gasteiger partial charge is 0.483 e. The van der Waals surface area contributed by atoms with Crippen LogP contribution in [0.25, 0.3) is 11.1 Å². The molecule has 0 spiro atoms. The van der Waals surface area contributed by atoms with Crippen molar-refractivity contribution in [2.45, 2.75) is 6.10 Å². The van der Waals surface area contributed by atoms with Gasteiger partial charge in [-0.3, -0.25) is 9.59 Å². The summed E-state index contributed by atoms with van der Waals surface area (Å²) in [5.41, 5.74) is 2.56. The zero-order valence-electron chi connectivity index (χ0n) is 17.5. The van der Waals surface area contributed by atoms with E-state index in [1.54, 1.807) is 25.1 Å². The third-order valence-corrected chi connectivity index (χ3v) is 5.11. The van der Waals surface area contributed by atoms with Gasteiger partial charge >= 0.3 is 0 Å². The van der Waals surface area contributed by atoms with Crippen molar-refractivity contribution >= 4 is 17.5 Å². The first-order chi connectivity index (χ1) is 15.0. The summed E-state index contributed by atoms with van der Waals surface area (Å²) in [6.07, 6.45) is -0.759. The number of hydrogen-bond donors (Lipinski definition) is 0. The molecule has 31 heavy (non-hydrogen) atoms. The van der Waals surface area contributed by atoms with Gasteiger partial charge in [-0.1, -0.05) is 60.7 Å². The molecule has 3 aromatic carbocycles. The Kier molecular flexibility index (Phi) is 5.89. The molecule has 0 N–H and O–H groups in total. The van der Waals surface area contributed by atoms with Gasteiger partial charge in [-0.15, -0.1) is 0 Å². The van der Waals surface area contributed by atoms with Gasteiger partial charge < -0.3 is 19.3 Å². The van der Waals surface area contributed by atoms with Crippen molar-refractivity contribution in [1.29, 1.82) is 0 Å². The minimum atomic E-state index is -0.759. The number of fused-ring (bicyclic) bond motifs is 1. The van der Waals surface area contributed by atoms with Crippen LogP contribution in [0.2, 0.25) is 0 Å². The number of anilines is 1. The van der Waals surface area contributed by atoms with Crippen LogP contribution < -0.4 is 14.4 Å². The second kappa shape index (κ2) is 8.92. The Morgan fingerprint density at radius 1 is 0.968 bits per heavy atom. The summed E-state index contributed by atoms with van der Waals surface area (Å²) in [6.45, 7) is -0.0163. The van der Waals surface area contributed by atoms with Crippen molar-refractivity contribution in [3.8, 4) is 22.6 Å². The molecule has 1 atom stereocenters. The molecule has 0 aromatic heterocycles. The molecule has 4 rings (SSSR count). The smallest absolute Gasteiger partial charge is 0.265 e. The topological polar surface area (TPSA) is 59.1 Å². The molecule has 3 aromatic rings. The molecular weight excluding hydrogens is 392 g/mol. The van der Waals surface area contributed by atoms with Crippen molar-refractivity contribution in [1.82, 2.24) is 4.90 Å². The van der Waals surface area contributed by atoms with E-state index in [1.165, 1.54) is 4.90 Å². The van der Waals surface area contributed by atoms with Gasteiger partial charge in [-0.25, -0.2) is 0 Å². The Balaban J connectivity index is 1.54. The first kappa shape index (κ1) is 20.5. The summed E-state index contributed by atoms with van der Waals surface area (Å²) in [5.74, 6) is 0.703. The van der Waals surface area contributed by atoms with Crippen LogP contribution in [-0.2, 0) is 9.59 Å². The lowest BCUT2D eigenvalue weighted by atomic mass is 10.1. The van der Waals surface area contributed by atoms with Gasteiger partial charge in [0.05, 0.1) is 12.2 Å². The van der Waals surface area contributed by atoms with E-state index in [-0.39, 0.29) is 25.0 Å². The maximum atomic E-state index is 13.1. The van der Waals surface area contributed by atoms with Gasteiger partial charge in [-0.05, 0) is 23.8 Å². The van der Waals surface area contributed by atoms with Crippen LogP contribution in [0, 0.1) is 0 Å². The van der Waals surface area contributed by atoms with Crippen molar-refractivity contribution in [3.63, 3.8) is 0 Å². The lowest BCUT2D eigenvalue weighted by molar-refractivity contribution is -0.136. The van der Waals surface area contributed by atoms with E-state index in [9.17, 15) is 9.59 Å². The third-order valence-electron chi connectivity index (χ3n) is 5.11. The minimum Gasteiger partial charge on any atom is -0.483 e. The first-order valence-corrected chi connectivity index (χ1v) is 10.1. The zero-order chi connectivity index (χ0) is 21.8. The summed E-state index contributed by atoms with van der Waals surface area (Å²) in [5, 5.41) is 0. The average Bonchev–Trinajstić information content (AvgIpc) is 2.82.